The van der Waals surface area contributed by atoms with E-state index in [2.05, 4.69) is 33.6 Å². The van der Waals surface area contributed by atoms with Crippen LogP contribution in [0.3, 0.4) is 0 Å². The smallest absolute Gasteiger partial charge is 0.296 e. The molecule has 0 aromatic heterocycles. The van der Waals surface area contributed by atoms with Gasteiger partial charge in [-0.2, -0.15) is 18.6 Å². The van der Waals surface area contributed by atoms with E-state index in [9.17, 15) is 30.1 Å². The summed E-state index contributed by atoms with van der Waals surface area (Å²) in [6, 6.07) is 11.8. The van der Waals surface area contributed by atoms with Crippen LogP contribution in [0.5, 0.6) is 0 Å². The van der Waals surface area contributed by atoms with Gasteiger partial charge in [-0.05, 0) is 59.1 Å². The van der Waals surface area contributed by atoms with Crippen molar-refractivity contribution in [3.05, 3.63) is 78.7 Å². The van der Waals surface area contributed by atoms with Crippen LogP contribution >= 0.6 is 0 Å². The third kappa shape index (κ3) is 6.42. The van der Waals surface area contributed by atoms with Crippen molar-refractivity contribution in [3.8, 4) is 0 Å². The quantitative estimate of drug-likeness (QED) is 0.139. The zero-order valence-electron chi connectivity index (χ0n) is 19.3. The van der Waals surface area contributed by atoms with E-state index in [1.54, 1.807) is 0 Å². The first kappa shape index (κ1) is 28.5. The molecule has 0 saturated heterocycles. The lowest BCUT2D eigenvalue weighted by Crippen LogP contribution is -2.05. The first-order chi connectivity index (χ1) is 17.7. The molecule has 3 aromatic carbocycles. The lowest BCUT2D eigenvalue weighted by atomic mass is 10.2. The minimum Gasteiger partial charge on any atom is -0.768 e. The number of benzene rings is 3. The zero-order chi connectivity index (χ0) is 28.3. The van der Waals surface area contributed by atoms with E-state index in [0.29, 0.717) is 5.56 Å². The number of rotatable bonds is 9. The Morgan fingerprint density at radius 1 is 0.895 bits per heavy atom. The van der Waals surface area contributed by atoms with Crippen LogP contribution in [0.1, 0.15) is 5.56 Å². The van der Waals surface area contributed by atoms with E-state index in [-0.39, 0.29) is 38.2 Å². The molecule has 0 aliphatic heterocycles. The highest BCUT2D eigenvalue weighted by atomic mass is 32.2. The van der Waals surface area contributed by atoms with Gasteiger partial charge >= 0.3 is 0 Å². The van der Waals surface area contributed by atoms with Gasteiger partial charge in [0, 0.05) is 10.3 Å². The van der Waals surface area contributed by atoms with Crippen molar-refractivity contribution in [2.45, 2.75) is 9.79 Å². The highest BCUT2D eigenvalue weighted by molar-refractivity contribution is 7.94. The van der Waals surface area contributed by atoms with Crippen LogP contribution in [0.4, 0.5) is 34.1 Å². The monoisotopic (exact) mass is 575 g/mol. The van der Waals surface area contributed by atoms with E-state index in [1.807, 2.05) is 0 Å². The Kier molecular flexibility index (Phi) is 8.33. The topological polar surface area (TPSA) is 230 Å². The third-order valence-electron chi connectivity index (χ3n) is 4.91. The number of hydrogen-bond donors (Lipinski definition) is 3. The summed E-state index contributed by atoms with van der Waals surface area (Å²) in [6.45, 7) is 6.69. The molecular formula is C22H19N6O7S3-. The Bertz CT molecular complexity index is 1720. The van der Waals surface area contributed by atoms with Crippen molar-refractivity contribution in [2.75, 3.05) is 11.5 Å². The second kappa shape index (κ2) is 11.1. The Morgan fingerprint density at radius 2 is 1.42 bits per heavy atom. The predicted molar refractivity (Wildman–Crippen MR) is 142 cm³/mol. The van der Waals surface area contributed by atoms with Crippen LogP contribution in [0, 0.1) is 0 Å². The number of hydrogen-bond acceptors (Lipinski definition) is 12. The van der Waals surface area contributed by atoms with Crippen molar-refractivity contribution in [1.29, 1.82) is 0 Å². The van der Waals surface area contributed by atoms with E-state index < -0.39 is 41.6 Å². The summed E-state index contributed by atoms with van der Waals surface area (Å²) < 4.78 is 79.2. The lowest BCUT2D eigenvalue weighted by Gasteiger charge is -2.10. The summed E-state index contributed by atoms with van der Waals surface area (Å²) in [5, 5.41) is 16.4. The molecule has 0 bridgehead atoms. The number of azo groups is 2. The largest absolute Gasteiger partial charge is 0.768 e. The maximum absolute atomic E-state index is 11.9. The Labute approximate surface area is 220 Å². The van der Waals surface area contributed by atoms with Crippen molar-refractivity contribution in [1.82, 2.24) is 0 Å². The SMILES string of the molecule is C=CS(=O)(=O)c1ccc(N=Nc2c(N)c(N=Nc3ccc(C(=C)S(=O)[O-])cc3)cc(S(=O)(=O)O)c2N)cc1. The average Bonchev–Trinajstić information content (AvgIpc) is 2.87. The van der Waals surface area contributed by atoms with Crippen LogP contribution in [0.2, 0.25) is 0 Å². The lowest BCUT2D eigenvalue weighted by molar-refractivity contribution is 0.483. The summed E-state index contributed by atoms with van der Waals surface area (Å²) in [5.74, 6) is 0. The third-order valence-corrected chi connectivity index (χ3v) is 7.81. The van der Waals surface area contributed by atoms with Crippen LogP contribution in [0.25, 0.3) is 4.91 Å². The van der Waals surface area contributed by atoms with Crippen molar-refractivity contribution in [3.63, 3.8) is 0 Å². The molecule has 0 aliphatic rings. The number of anilines is 2. The zero-order valence-corrected chi connectivity index (χ0v) is 21.7. The Hall–Kier alpha value is -4.09. The summed E-state index contributed by atoms with van der Waals surface area (Å²) in [5.41, 5.74) is 11.4. The molecule has 5 N–H and O–H groups in total. The van der Waals surface area contributed by atoms with Gasteiger partial charge in [0.2, 0.25) is 0 Å². The first-order valence-corrected chi connectivity index (χ1v) is 14.2. The Balaban J connectivity index is 2.02. The molecule has 1 atom stereocenters. The van der Waals surface area contributed by atoms with Gasteiger partial charge < -0.3 is 16.0 Å². The summed E-state index contributed by atoms with van der Waals surface area (Å²) in [7, 11) is -8.50. The second-order valence-corrected chi connectivity index (χ2v) is 11.6. The number of nitrogens with zero attached hydrogens (tertiary/aromatic N) is 4. The van der Waals surface area contributed by atoms with Gasteiger partial charge in [-0.1, -0.05) is 25.3 Å². The van der Waals surface area contributed by atoms with Crippen LogP contribution in [0.15, 0.2) is 103 Å². The summed E-state index contributed by atoms with van der Waals surface area (Å²) >= 11 is -2.50. The minimum absolute atomic E-state index is 0.0276. The van der Waals surface area contributed by atoms with Crippen LogP contribution in [-0.4, -0.2) is 30.1 Å². The second-order valence-electron chi connectivity index (χ2n) is 7.36. The van der Waals surface area contributed by atoms with Crippen molar-refractivity contribution >= 4 is 70.1 Å². The maximum atomic E-state index is 11.9. The minimum atomic E-state index is -4.84. The van der Waals surface area contributed by atoms with Gasteiger partial charge in [0.1, 0.15) is 16.3 Å². The standard InChI is InChI=1S/C22H20N6O7S3/c1-3-37(31,32)17-10-8-16(9-11-17)26-28-22-20(23)18(12-19(21(22)24)38(33,34)35)27-25-15-6-4-14(5-7-15)13(2)36(29)30/h3-12H,1-2,23-24H2,(H,29,30)(H,33,34,35)/p-1. The molecule has 0 saturated carbocycles. The molecule has 1 unspecified atom stereocenters. The summed E-state index contributed by atoms with van der Waals surface area (Å²) in [6.07, 6.45) is 0. The van der Waals surface area contributed by atoms with E-state index in [4.69, 9.17) is 11.5 Å². The first-order valence-electron chi connectivity index (χ1n) is 10.1. The number of nitrogen functional groups attached to an aromatic ring is 2. The molecule has 16 heteroatoms. The molecule has 3 rings (SSSR count). The predicted octanol–water partition coefficient (Wildman–Crippen LogP) is 4.70. The molecule has 38 heavy (non-hydrogen) atoms. The fourth-order valence-corrected chi connectivity index (χ4v) is 4.57. The number of nitrogens with two attached hydrogens (primary N) is 2. The van der Waals surface area contributed by atoms with Gasteiger partial charge in [0.05, 0.1) is 27.6 Å². The normalized spacial score (nSPS) is 13.1. The Morgan fingerprint density at radius 3 is 1.92 bits per heavy atom. The van der Waals surface area contributed by atoms with E-state index in [0.717, 1.165) is 11.5 Å². The average molecular weight is 576 g/mol. The van der Waals surface area contributed by atoms with E-state index in [1.165, 1.54) is 48.5 Å². The van der Waals surface area contributed by atoms with Crippen molar-refractivity contribution < 1.29 is 30.1 Å². The molecule has 13 nitrogen and oxygen atoms in total. The number of sulfone groups is 1. The molecule has 0 spiro atoms. The molecule has 0 radical (unpaired) electrons. The van der Waals surface area contributed by atoms with Crippen LogP contribution < -0.4 is 11.5 Å². The van der Waals surface area contributed by atoms with Gasteiger partial charge in [0.25, 0.3) is 10.1 Å². The molecule has 198 valence electrons. The highest BCUT2D eigenvalue weighted by Gasteiger charge is 2.22. The van der Waals surface area contributed by atoms with Gasteiger partial charge in [-0.15, -0.1) is 10.2 Å². The van der Waals surface area contributed by atoms with Crippen molar-refractivity contribution in [2.24, 2.45) is 20.5 Å². The molecular weight excluding hydrogens is 556 g/mol. The fraction of sp³-hybridized carbons (Fsp3) is 0. The van der Waals surface area contributed by atoms with Gasteiger partial charge in [0.15, 0.2) is 9.84 Å². The van der Waals surface area contributed by atoms with E-state index >= 15 is 0 Å². The van der Waals surface area contributed by atoms with Crippen LogP contribution in [-0.2, 0) is 31.0 Å². The maximum Gasteiger partial charge on any atom is 0.296 e. The molecule has 0 aliphatic carbocycles. The molecule has 0 amide bonds. The van der Waals surface area contributed by atoms with Gasteiger partial charge in [-0.3, -0.25) is 8.76 Å². The highest BCUT2D eigenvalue weighted by Crippen LogP contribution is 2.43. The molecule has 3 aromatic rings. The fourth-order valence-electron chi connectivity index (χ4n) is 2.89. The molecule has 0 fully saturated rings. The summed E-state index contributed by atoms with van der Waals surface area (Å²) in [4.78, 5) is -0.896. The molecule has 0 heterocycles. The van der Waals surface area contributed by atoms with Gasteiger partial charge in [-0.25, -0.2) is 8.42 Å².